The van der Waals surface area contributed by atoms with E-state index < -0.39 is 29.9 Å². The maximum Gasteiger partial charge on any atom is 0.313 e. The highest BCUT2D eigenvalue weighted by molar-refractivity contribution is 8.00. The minimum atomic E-state index is -1.04. The third kappa shape index (κ3) is 5.93. The van der Waals surface area contributed by atoms with Gasteiger partial charge in [-0.3, -0.25) is 24.0 Å². The molecular formula is C19H24N6O6S. The van der Waals surface area contributed by atoms with Gasteiger partial charge in [0.15, 0.2) is 0 Å². The number of nitrogens with one attached hydrogen (secondary N) is 2. The molecule has 4 amide bonds. The number of carboxylic acid groups (broad SMARTS) is 1. The summed E-state index contributed by atoms with van der Waals surface area (Å²) in [6.45, 7) is 0.766. The van der Waals surface area contributed by atoms with Crippen molar-refractivity contribution in [3.8, 4) is 0 Å². The van der Waals surface area contributed by atoms with E-state index in [0.29, 0.717) is 19.4 Å². The van der Waals surface area contributed by atoms with Crippen LogP contribution in [-0.4, -0.2) is 104 Å². The first-order valence-electron chi connectivity index (χ1n) is 10.1. The van der Waals surface area contributed by atoms with Crippen molar-refractivity contribution in [3.63, 3.8) is 0 Å². The number of aromatic nitrogens is 2. The van der Waals surface area contributed by atoms with Crippen LogP contribution in [0.4, 0.5) is 0 Å². The Morgan fingerprint density at radius 3 is 2.62 bits per heavy atom. The van der Waals surface area contributed by atoms with Crippen LogP contribution in [0, 0.1) is 0 Å². The first-order chi connectivity index (χ1) is 15.4. The van der Waals surface area contributed by atoms with E-state index in [4.69, 9.17) is 5.11 Å². The molecule has 0 radical (unpaired) electrons. The molecule has 0 spiro atoms. The number of piperidine rings is 1. The van der Waals surface area contributed by atoms with Crippen molar-refractivity contribution in [3.05, 3.63) is 24.3 Å². The largest absolute Gasteiger partial charge is 0.481 e. The standard InChI is InChI=1S/C19H24N6O6S/c26-15(9-32-10-16(27)28)25-5-4-24(19(31)12-6-20-11-21-7-12)8-14(25)18(30)23-13-2-1-3-22-17(13)29/h6-7,11,13-14H,1-5,8-10H2,(H,22,29)(H,23,30)(H,27,28). The fourth-order valence-corrected chi connectivity index (χ4v) is 4.19. The zero-order valence-electron chi connectivity index (χ0n) is 17.2. The summed E-state index contributed by atoms with van der Waals surface area (Å²) in [7, 11) is 0. The van der Waals surface area contributed by atoms with E-state index in [9.17, 15) is 24.0 Å². The van der Waals surface area contributed by atoms with Crippen LogP contribution < -0.4 is 10.6 Å². The lowest BCUT2D eigenvalue weighted by molar-refractivity contribution is -0.142. The zero-order chi connectivity index (χ0) is 23.1. The van der Waals surface area contributed by atoms with Crippen molar-refractivity contribution in [1.82, 2.24) is 30.4 Å². The molecular weight excluding hydrogens is 440 g/mol. The molecule has 0 saturated carbocycles. The number of piperazine rings is 1. The van der Waals surface area contributed by atoms with E-state index in [0.717, 1.165) is 11.8 Å². The highest BCUT2D eigenvalue weighted by Gasteiger charge is 2.38. The molecule has 32 heavy (non-hydrogen) atoms. The SMILES string of the molecule is O=C(O)CSCC(=O)N1CCN(C(=O)c2cncnc2)CC1C(=O)NC1CCCNC1=O. The molecule has 12 nitrogen and oxygen atoms in total. The van der Waals surface area contributed by atoms with Gasteiger partial charge in [-0.05, 0) is 12.8 Å². The minimum Gasteiger partial charge on any atom is -0.481 e. The van der Waals surface area contributed by atoms with Gasteiger partial charge in [0.05, 0.1) is 23.6 Å². The van der Waals surface area contributed by atoms with Gasteiger partial charge in [-0.25, -0.2) is 9.97 Å². The quantitative estimate of drug-likeness (QED) is 0.429. The van der Waals surface area contributed by atoms with E-state index in [1.165, 1.54) is 28.5 Å². The Hall–Kier alpha value is -3.22. The van der Waals surface area contributed by atoms with E-state index in [1.54, 1.807) is 0 Å². The van der Waals surface area contributed by atoms with Crippen molar-refractivity contribution < 1.29 is 29.1 Å². The summed E-state index contributed by atoms with van der Waals surface area (Å²) in [5, 5.41) is 14.2. The molecule has 172 valence electrons. The Morgan fingerprint density at radius 1 is 1.19 bits per heavy atom. The van der Waals surface area contributed by atoms with Crippen molar-refractivity contribution in [2.24, 2.45) is 0 Å². The molecule has 3 heterocycles. The third-order valence-corrected chi connectivity index (χ3v) is 6.05. The second kappa shape index (κ2) is 10.9. The average Bonchev–Trinajstić information content (AvgIpc) is 2.80. The predicted molar refractivity (Wildman–Crippen MR) is 113 cm³/mol. The molecule has 2 unspecified atom stereocenters. The predicted octanol–water partition coefficient (Wildman–Crippen LogP) is -1.66. The number of carbonyl (C=O) groups excluding carboxylic acids is 4. The average molecular weight is 465 g/mol. The van der Waals surface area contributed by atoms with Gasteiger partial charge in [0.1, 0.15) is 18.4 Å². The molecule has 2 atom stereocenters. The van der Waals surface area contributed by atoms with Gasteiger partial charge in [-0.1, -0.05) is 0 Å². The van der Waals surface area contributed by atoms with E-state index >= 15 is 0 Å². The summed E-state index contributed by atoms with van der Waals surface area (Å²) in [5.74, 6) is -2.99. The van der Waals surface area contributed by atoms with E-state index in [1.807, 2.05) is 0 Å². The van der Waals surface area contributed by atoms with Gasteiger partial charge in [0.25, 0.3) is 5.91 Å². The van der Waals surface area contributed by atoms with Gasteiger partial charge in [-0.2, -0.15) is 0 Å². The van der Waals surface area contributed by atoms with Gasteiger partial charge in [0, 0.05) is 32.0 Å². The van der Waals surface area contributed by atoms with Crippen molar-refractivity contribution in [2.45, 2.75) is 24.9 Å². The van der Waals surface area contributed by atoms with Gasteiger partial charge >= 0.3 is 5.97 Å². The molecule has 2 aliphatic rings. The first kappa shape index (κ1) is 23.4. The summed E-state index contributed by atoms with van der Waals surface area (Å²) in [5.41, 5.74) is 0.259. The van der Waals surface area contributed by atoms with E-state index in [2.05, 4.69) is 20.6 Å². The van der Waals surface area contributed by atoms with Crippen LogP contribution in [0.1, 0.15) is 23.2 Å². The van der Waals surface area contributed by atoms with Crippen molar-refractivity contribution in [1.29, 1.82) is 0 Å². The van der Waals surface area contributed by atoms with Crippen LogP contribution in [-0.2, 0) is 19.2 Å². The maximum atomic E-state index is 13.1. The number of rotatable bonds is 7. The third-order valence-electron chi connectivity index (χ3n) is 5.15. The summed E-state index contributed by atoms with van der Waals surface area (Å²) in [4.78, 5) is 71.8. The molecule has 13 heteroatoms. The van der Waals surface area contributed by atoms with Crippen LogP contribution in [0.25, 0.3) is 0 Å². The molecule has 2 fully saturated rings. The number of carbonyl (C=O) groups is 5. The van der Waals surface area contributed by atoms with Crippen LogP contribution in [0.3, 0.4) is 0 Å². The molecule has 1 aromatic rings. The van der Waals surface area contributed by atoms with Crippen LogP contribution in [0.2, 0.25) is 0 Å². The molecule has 3 rings (SSSR count). The highest BCUT2D eigenvalue weighted by Crippen LogP contribution is 2.16. The van der Waals surface area contributed by atoms with E-state index in [-0.39, 0.29) is 48.5 Å². The Morgan fingerprint density at radius 2 is 1.94 bits per heavy atom. The monoisotopic (exact) mass is 464 g/mol. The summed E-state index contributed by atoms with van der Waals surface area (Å²) in [6, 6.07) is -1.71. The van der Waals surface area contributed by atoms with Crippen LogP contribution in [0.15, 0.2) is 18.7 Å². The highest BCUT2D eigenvalue weighted by atomic mass is 32.2. The zero-order valence-corrected chi connectivity index (χ0v) is 18.0. The smallest absolute Gasteiger partial charge is 0.313 e. The van der Waals surface area contributed by atoms with Crippen LogP contribution in [0.5, 0.6) is 0 Å². The fourth-order valence-electron chi connectivity index (χ4n) is 3.57. The number of hydrogen-bond donors (Lipinski definition) is 3. The fraction of sp³-hybridized carbons (Fsp3) is 0.526. The molecule has 3 N–H and O–H groups in total. The topological polar surface area (TPSA) is 162 Å². The second-order valence-electron chi connectivity index (χ2n) is 7.36. The maximum absolute atomic E-state index is 13.1. The number of amides is 4. The number of aliphatic carboxylic acids is 1. The van der Waals surface area contributed by atoms with Crippen molar-refractivity contribution >= 4 is 41.4 Å². The number of thioether (sulfide) groups is 1. The molecule has 1 aromatic heterocycles. The lowest BCUT2D eigenvalue weighted by Crippen LogP contribution is -2.64. The second-order valence-corrected chi connectivity index (χ2v) is 8.35. The molecule has 0 bridgehead atoms. The molecule has 2 aliphatic heterocycles. The Bertz CT molecular complexity index is 884. The van der Waals surface area contributed by atoms with Crippen LogP contribution >= 0.6 is 11.8 Å². The molecule has 0 aromatic carbocycles. The van der Waals surface area contributed by atoms with Crippen molar-refractivity contribution in [2.75, 3.05) is 37.7 Å². The molecule has 2 saturated heterocycles. The summed E-state index contributed by atoms with van der Waals surface area (Å²) in [6.07, 6.45) is 5.24. The normalized spacial score (nSPS) is 20.9. The summed E-state index contributed by atoms with van der Waals surface area (Å²) >= 11 is 0.933. The number of nitrogens with zero attached hydrogens (tertiary/aromatic N) is 4. The number of carboxylic acids is 1. The molecule has 0 aliphatic carbocycles. The minimum absolute atomic E-state index is 0.0662. The summed E-state index contributed by atoms with van der Waals surface area (Å²) < 4.78 is 0. The lowest BCUT2D eigenvalue weighted by atomic mass is 10.0. The number of hydrogen-bond acceptors (Lipinski definition) is 8. The Labute approximate surface area is 188 Å². The Kier molecular flexibility index (Phi) is 7.98. The van der Waals surface area contributed by atoms with Gasteiger partial charge < -0.3 is 25.5 Å². The Balaban J connectivity index is 1.73. The van der Waals surface area contributed by atoms with Gasteiger partial charge in [-0.15, -0.1) is 11.8 Å². The lowest BCUT2D eigenvalue weighted by Gasteiger charge is -2.41. The first-order valence-corrected chi connectivity index (χ1v) is 11.2. The van der Waals surface area contributed by atoms with Gasteiger partial charge in [0.2, 0.25) is 17.7 Å².